The Morgan fingerprint density at radius 3 is 3.00 bits per heavy atom. The molecule has 0 aliphatic heterocycles. The van der Waals surface area contributed by atoms with Gasteiger partial charge in [-0.25, -0.2) is 0 Å². The second-order valence-corrected chi connectivity index (χ2v) is 7.74. The zero-order valence-corrected chi connectivity index (χ0v) is 14.8. The molecule has 0 unspecified atom stereocenters. The lowest BCUT2D eigenvalue weighted by Crippen LogP contribution is -2.14. The van der Waals surface area contributed by atoms with Crippen molar-refractivity contribution < 1.29 is 4.79 Å². The van der Waals surface area contributed by atoms with E-state index < -0.39 is 0 Å². The summed E-state index contributed by atoms with van der Waals surface area (Å²) in [7, 11) is 0. The van der Waals surface area contributed by atoms with Crippen LogP contribution in [0.3, 0.4) is 0 Å². The fraction of sp³-hybridized carbons (Fsp3) is 0.214. The van der Waals surface area contributed by atoms with Crippen molar-refractivity contribution >= 4 is 57.5 Å². The van der Waals surface area contributed by atoms with Crippen molar-refractivity contribution in [3.63, 3.8) is 0 Å². The van der Waals surface area contributed by atoms with E-state index >= 15 is 0 Å². The largest absolute Gasteiger partial charge is 0.300 e. The molecule has 22 heavy (non-hydrogen) atoms. The molecule has 1 aromatic heterocycles. The van der Waals surface area contributed by atoms with Gasteiger partial charge in [0, 0.05) is 16.5 Å². The van der Waals surface area contributed by atoms with Gasteiger partial charge in [-0.1, -0.05) is 59.0 Å². The molecule has 1 aromatic carbocycles. The van der Waals surface area contributed by atoms with E-state index in [9.17, 15) is 4.79 Å². The van der Waals surface area contributed by atoms with Gasteiger partial charge in [-0.15, -0.1) is 28.5 Å². The van der Waals surface area contributed by atoms with Crippen molar-refractivity contribution in [2.24, 2.45) is 0 Å². The van der Waals surface area contributed by atoms with Crippen molar-refractivity contribution in [3.05, 3.63) is 47.5 Å². The van der Waals surface area contributed by atoms with Crippen LogP contribution >= 0.6 is 46.5 Å². The molecule has 1 amide bonds. The maximum absolute atomic E-state index is 11.9. The van der Waals surface area contributed by atoms with E-state index in [1.165, 1.54) is 23.1 Å². The predicted octanol–water partition coefficient (Wildman–Crippen LogP) is 4.34. The number of carbonyl (C=O) groups is 1. The quantitative estimate of drug-likeness (QED) is 0.425. The Balaban J connectivity index is 1.75. The third kappa shape index (κ3) is 5.64. The van der Waals surface area contributed by atoms with Crippen molar-refractivity contribution in [3.8, 4) is 0 Å². The van der Waals surface area contributed by atoms with E-state index in [1.807, 2.05) is 24.3 Å². The van der Waals surface area contributed by atoms with Gasteiger partial charge >= 0.3 is 0 Å². The zero-order valence-electron chi connectivity index (χ0n) is 11.6. The summed E-state index contributed by atoms with van der Waals surface area (Å²) in [5.41, 5.74) is 1.03. The molecule has 116 valence electrons. The minimum absolute atomic E-state index is 0.0894. The summed E-state index contributed by atoms with van der Waals surface area (Å²) in [6, 6.07) is 7.63. The van der Waals surface area contributed by atoms with E-state index in [1.54, 1.807) is 17.8 Å². The Morgan fingerprint density at radius 2 is 2.23 bits per heavy atom. The Hall–Kier alpha value is -1.02. The minimum Gasteiger partial charge on any atom is -0.300 e. The highest BCUT2D eigenvalue weighted by Gasteiger charge is 2.09. The number of rotatable bonds is 8. The van der Waals surface area contributed by atoms with E-state index in [0.29, 0.717) is 16.6 Å². The summed E-state index contributed by atoms with van der Waals surface area (Å²) >= 11 is 10.5. The van der Waals surface area contributed by atoms with E-state index in [0.717, 1.165) is 20.7 Å². The molecular formula is C14H14ClN3OS3. The molecule has 0 saturated heterocycles. The molecule has 0 atom stereocenters. The van der Waals surface area contributed by atoms with Crippen LogP contribution in [0.1, 0.15) is 5.56 Å². The Kier molecular flexibility index (Phi) is 7.24. The number of aromatic nitrogens is 2. The standard InChI is InChI=1S/C14H14ClN3OS3/c1-2-7-21-14-18-17-13(22-14)16-12(19)9-20-8-10-5-3-4-6-11(10)15/h2-6H,1,7-9H2,(H,16,17,19). The number of hydrogen-bond acceptors (Lipinski definition) is 6. The number of amides is 1. The van der Waals surface area contributed by atoms with Crippen molar-refractivity contribution in [1.82, 2.24) is 10.2 Å². The van der Waals surface area contributed by atoms with Crippen LogP contribution in [-0.2, 0) is 10.5 Å². The number of halogens is 1. The number of carbonyl (C=O) groups excluding carboxylic acids is 1. The molecular weight excluding hydrogens is 358 g/mol. The van der Waals surface area contributed by atoms with Crippen molar-refractivity contribution in [2.45, 2.75) is 10.1 Å². The molecule has 0 fully saturated rings. The molecule has 0 radical (unpaired) electrons. The maximum Gasteiger partial charge on any atom is 0.236 e. The lowest BCUT2D eigenvalue weighted by molar-refractivity contribution is -0.113. The van der Waals surface area contributed by atoms with Crippen LogP contribution < -0.4 is 5.32 Å². The highest BCUT2D eigenvalue weighted by atomic mass is 35.5. The van der Waals surface area contributed by atoms with Gasteiger partial charge in [-0.3, -0.25) is 10.1 Å². The van der Waals surface area contributed by atoms with Crippen molar-refractivity contribution in [1.29, 1.82) is 0 Å². The van der Waals surface area contributed by atoms with Crippen LogP contribution in [0, 0.1) is 0 Å². The lowest BCUT2D eigenvalue weighted by atomic mass is 10.2. The summed E-state index contributed by atoms with van der Waals surface area (Å²) in [6.45, 7) is 3.65. The molecule has 0 saturated carbocycles. The number of thioether (sulfide) groups is 2. The van der Waals surface area contributed by atoms with Gasteiger partial charge in [0.25, 0.3) is 0 Å². The smallest absolute Gasteiger partial charge is 0.236 e. The van der Waals surface area contributed by atoms with Gasteiger partial charge < -0.3 is 0 Å². The molecule has 2 aromatic rings. The fourth-order valence-electron chi connectivity index (χ4n) is 1.47. The van der Waals surface area contributed by atoms with Crippen LogP contribution in [0.5, 0.6) is 0 Å². The first-order valence-corrected chi connectivity index (χ1v) is 9.70. The number of nitrogens with zero attached hydrogens (tertiary/aromatic N) is 2. The Bertz CT molecular complexity index is 648. The summed E-state index contributed by atoms with van der Waals surface area (Å²) in [5, 5.41) is 11.9. The van der Waals surface area contributed by atoms with Gasteiger partial charge in [0.05, 0.1) is 5.75 Å². The number of benzene rings is 1. The zero-order chi connectivity index (χ0) is 15.8. The van der Waals surface area contributed by atoms with Gasteiger partial charge in [0.15, 0.2) is 4.34 Å². The molecule has 2 rings (SSSR count). The van der Waals surface area contributed by atoms with Crippen LogP contribution in [0.4, 0.5) is 5.13 Å². The first-order chi connectivity index (χ1) is 10.7. The van der Waals surface area contributed by atoms with Crippen LogP contribution in [0.25, 0.3) is 0 Å². The van der Waals surface area contributed by atoms with Crippen molar-refractivity contribution in [2.75, 3.05) is 16.8 Å². The first kappa shape index (κ1) is 17.3. The molecule has 4 nitrogen and oxygen atoms in total. The predicted molar refractivity (Wildman–Crippen MR) is 97.1 cm³/mol. The molecule has 0 aliphatic rings. The topological polar surface area (TPSA) is 54.9 Å². The van der Waals surface area contributed by atoms with Crippen LogP contribution in [0.2, 0.25) is 5.02 Å². The van der Waals surface area contributed by atoms with E-state index in [2.05, 4.69) is 22.1 Å². The normalized spacial score (nSPS) is 10.4. The average molecular weight is 372 g/mol. The number of nitrogens with one attached hydrogen (secondary N) is 1. The van der Waals surface area contributed by atoms with Gasteiger partial charge in [0.1, 0.15) is 0 Å². The number of anilines is 1. The monoisotopic (exact) mass is 371 g/mol. The van der Waals surface area contributed by atoms with Gasteiger partial charge in [-0.05, 0) is 11.6 Å². The molecule has 0 aliphatic carbocycles. The maximum atomic E-state index is 11.9. The van der Waals surface area contributed by atoms with E-state index in [-0.39, 0.29) is 5.91 Å². The summed E-state index contributed by atoms with van der Waals surface area (Å²) < 4.78 is 0.818. The fourth-order valence-corrected chi connectivity index (χ4v) is 4.12. The SMILES string of the molecule is C=CCSc1nnc(NC(=O)CSCc2ccccc2Cl)s1. The second-order valence-electron chi connectivity index (χ2n) is 4.11. The van der Waals surface area contributed by atoms with Gasteiger partial charge in [-0.2, -0.15) is 0 Å². The van der Waals surface area contributed by atoms with E-state index in [4.69, 9.17) is 11.6 Å². The van der Waals surface area contributed by atoms with Crippen LogP contribution in [-0.4, -0.2) is 27.6 Å². The Morgan fingerprint density at radius 1 is 1.41 bits per heavy atom. The molecule has 0 bridgehead atoms. The molecule has 0 spiro atoms. The third-order valence-electron chi connectivity index (χ3n) is 2.43. The number of hydrogen-bond donors (Lipinski definition) is 1. The first-order valence-electron chi connectivity index (χ1n) is 6.37. The highest BCUT2D eigenvalue weighted by molar-refractivity contribution is 8.01. The van der Waals surface area contributed by atoms with Crippen LogP contribution in [0.15, 0.2) is 41.3 Å². The average Bonchev–Trinajstić information content (AvgIpc) is 2.94. The summed E-state index contributed by atoms with van der Waals surface area (Å²) in [4.78, 5) is 11.9. The highest BCUT2D eigenvalue weighted by Crippen LogP contribution is 2.25. The summed E-state index contributed by atoms with van der Waals surface area (Å²) in [5.74, 6) is 1.73. The lowest BCUT2D eigenvalue weighted by Gasteiger charge is -2.03. The molecule has 8 heteroatoms. The third-order valence-corrected chi connectivity index (χ3v) is 5.74. The molecule has 1 N–H and O–H groups in total. The second kappa shape index (κ2) is 9.19. The molecule has 1 heterocycles. The summed E-state index contributed by atoms with van der Waals surface area (Å²) in [6.07, 6.45) is 1.80. The minimum atomic E-state index is -0.0894. The van der Waals surface area contributed by atoms with Gasteiger partial charge in [0.2, 0.25) is 11.0 Å². The Labute approximate surface area is 146 Å².